The lowest BCUT2D eigenvalue weighted by molar-refractivity contribution is -0.128. The number of hydrogen-bond acceptors (Lipinski definition) is 2. The second-order valence-electron chi connectivity index (χ2n) is 5.37. The monoisotopic (exact) mass is 236 g/mol. The molecular formula is C15H24O2. The summed E-state index contributed by atoms with van der Waals surface area (Å²) in [5.74, 6) is 0.434. The SMILES string of the molecule is CCC(C)C=C1C(=O)CC(CC)(CC)CC1=O. The van der Waals surface area contributed by atoms with Crippen molar-refractivity contribution in [3.63, 3.8) is 0 Å². The number of Topliss-reactive ketones (excluding diaryl/α,β-unsaturated/α-hetero) is 2. The molecule has 2 heteroatoms. The first-order valence-corrected chi connectivity index (χ1v) is 6.76. The molecule has 0 aromatic rings. The molecule has 1 fully saturated rings. The van der Waals surface area contributed by atoms with Crippen LogP contribution in [0, 0.1) is 11.3 Å². The van der Waals surface area contributed by atoms with Crippen molar-refractivity contribution in [3.05, 3.63) is 11.6 Å². The molecule has 2 nitrogen and oxygen atoms in total. The van der Waals surface area contributed by atoms with Gasteiger partial charge in [0.25, 0.3) is 0 Å². The van der Waals surface area contributed by atoms with Gasteiger partial charge in [0.15, 0.2) is 11.6 Å². The molecule has 1 aliphatic carbocycles. The summed E-state index contributed by atoms with van der Waals surface area (Å²) >= 11 is 0. The maximum Gasteiger partial charge on any atom is 0.166 e. The Labute approximate surface area is 104 Å². The number of rotatable bonds is 4. The van der Waals surface area contributed by atoms with Crippen LogP contribution in [0.5, 0.6) is 0 Å². The predicted molar refractivity (Wildman–Crippen MR) is 69.8 cm³/mol. The van der Waals surface area contributed by atoms with Crippen LogP contribution in [0.1, 0.15) is 59.8 Å². The number of carbonyl (C=O) groups is 2. The molecule has 0 amide bonds. The van der Waals surface area contributed by atoms with E-state index in [1.807, 2.05) is 6.08 Å². The van der Waals surface area contributed by atoms with E-state index in [2.05, 4.69) is 27.7 Å². The van der Waals surface area contributed by atoms with Crippen molar-refractivity contribution >= 4 is 11.6 Å². The molecule has 1 rings (SSSR count). The summed E-state index contributed by atoms with van der Waals surface area (Å²) in [4.78, 5) is 24.2. The number of carbonyl (C=O) groups excluding carboxylic acids is 2. The van der Waals surface area contributed by atoms with Gasteiger partial charge >= 0.3 is 0 Å². The molecule has 1 aliphatic rings. The van der Waals surface area contributed by atoms with Crippen LogP contribution in [0.15, 0.2) is 11.6 Å². The van der Waals surface area contributed by atoms with Gasteiger partial charge in [-0.15, -0.1) is 0 Å². The Balaban J connectivity index is 2.93. The smallest absolute Gasteiger partial charge is 0.166 e. The Morgan fingerprint density at radius 2 is 1.59 bits per heavy atom. The lowest BCUT2D eigenvalue weighted by Crippen LogP contribution is -2.35. The van der Waals surface area contributed by atoms with Crippen LogP contribution in [-0.4, -0.2) is 11.6 Å². The zero-order valence-electron chi connectivity index (χ0n) is 11.5. The van der Waals surface area contributed by atoms with Crippen molar-refractivity contribution in [2.75, 3.05) is 0 Å². The largest absolute Gasteiger partial charge is 0.294 e. The molecular weight excluding hydrogens is 212 g/mol. The molecule has 96 valence electrons. The van der Waals surface area contributed by atoms with Gasteiger partial charge in [0, 0.05) is 12.8 Å². The van der Waals surface area contributed by atoms with Gasteiger partial charge in [-0.3, -0.25) is 9.59 Å². The third-order valence-corrected chi connectivity index (χ3v) is 4.27. The lowest BCUT2D eigenvalue weighted by atomic mass is 9.68. The van der Waals surface area contributed by atoms with Crippen molar-refractivity contribution in [2.45, 2.75) is 59.8 Å². The van der Waals surface area contributed by atoms with Crippen molar-refractivity contribution < 1.29 is 9.59 Å². The van der Waals surface area contributed by atoms with E-state index in [4.69, 9.17) is 0 Å². The maximum atomic E-state index is 12.1. The van der Waals surface area contributed by atoms with E-state index in [1.54, 1.807) is 0 Å². The Morgan fingerprint density at radius 3 is 1.94 bits per heavy atom. The quantitative estimate of drug-likeness (QED) is 0.551. The van der Waals surface area contributed by atoms with Gasteiger partial charge in [0.1, 0.15) is 0 Å². The summed E-state index contributed by atoms with van der Waals surface area (Å²) in [5, 5.41) is 0. The van der Waals surface area contributed by atoms with Crippen LogP contribution in [0.2, 0.25) is 0 Å². The summed E-state index contributed by atoms with van der Waals surface area (Å²) in [6, 6.07) is 0. The average Bonchev–Trinajstić information content (AvgIpc) is 2.33. The van der Waals surface area contributed by atoms with Gasteiger partial charge in [-0.25, -0.2) is 0 Å². The molecule has 0 aliphatic heterocycles. The van der Waals surface area contributed by atoms with E-state index in [0.717, 1.165) is 19.3 Å². The zero-order valence-corrected chi connectivity index (χ0v) is 11.5. The van der Waals surface area contributed by atoms with Gasteiger partial charge in [-0.05, 0) is 24.2 Å². The van der Waals surface area contributed by atoms with Crippen LogP contribution in [0.3, 0.4) is 0 Å². The van der Waals surface area contributed by atoms with Crippen LogP contribution in [0.25, 0.3) is 0 Å². The summed E-state index contributed by atoms with van der Waals surface area (Å²) in [6.07, 6.45) is 5.77. The molecule has 17 heavy (non-hydrogen) atoms. The zero-order chi connectivity index (χ0) is 13.1. The number of hydrogen-bond donors (Lipinski definition) is 0. The molecule has 1 saturated carbocycles. The number of allylic oxidation sites excluding steroid dienone is 2. The van der Waals surface area contributed by atoms with Gasteiger partial charge in [-0.2, -0.15) is 0 Å². The molecule has 0 aromatic heterocycles. The fourth-order valence-electron chi connectivity index (χ4n) is 2.43. The molecule has 0 bridgehead atoms. The van der Waals surface area contributed by atoms with E-state index in [0.29, 0.717) is 24.3 Å². The minimum Gasteiger partial charge on any atom is -0.294 e. The third kappa shape index (κ3) is 3.05. The fourth-order valence-corrected chi connectivity index (χ4v) is 2.43. The van der Waals surface area contributed by atoms with Gasteiger partial charge in [0.2, 0.25) is 0 Å². The van der Waals surface area contributed by atoms with Crippen LogP contribution in [0.4, 0.5) is 0 Å². The highest BCUT2D eigenvalue weighted by molar-refractivity contribution is 6.22. The molecule has 0 aromatic carbocycles. The Morgan fingerprint density at radius 1 is 1.12 bits per heavy atom. The first-order valence-electron chi connectivity index (χ1n) is 6.76. The van der Waals surface area contributed by atoms with Gasteiger partial charge in [-0.1, -0.05) is 40.2 Å². The molecule has 0 spiro atoms. The van der Waals surface area contributed by atoms with E-state index in [9.17, 15) is 9.59 Å². The average molecular weight is 236 g/mol. The topological polar surface area (TPSA) is 34.1 Å². The van der Waals surface area contributed by atoms with Crippen LogP contribution < -0.4 is 0 Å². The second-order valence-corrected chi connectivity index (χ2v) is 5.37. The second kappa shape index (κ2) is 5.61. The summed E-state index contributed by atoms with van der Waals surface area (Å²) in [6.45, 7) is 8.28. The Kier molecular flexibility index (Phi) is 4.67. The minimum absolute atomic E-state index is 0.0604. The number of ketones is 2. The van der Waals surface area contributed by atoms with Crippen molar-refractivity contribution in [2.24, 2.45) is 11.3 Å². The third-order valence-electron chi connectivity index (χ3n) is 4.27. The summed E-state index contributed by atoms with van der Waals surface area (Å²) in [7, 11) is 0. The molecule has 0 heterocycles. The highest BCUT2D eigenvalue weighted by atomic mass is 16.1. The molecule has 0 saturated heterocycles. The normalized spacial score (nSPS) is 21.5. The van der Waals surface area contributed by atoms with E-state index in [1.165, 1.54) is 0 Å². The van der Waals surface area contributed by atoms with E-state index < -0.39 is 0 Å². The Hall–Kier alpha value is -0.920. The van der Waals surface area contributed by atoms with E-state index >= 15 is 0 Å². The Bertz CT molecular complexity index is 313. The molecule has 1 unspecified atom stereocenters. The predicted octanol–water partition coefficient (Wildman–Crippen LogP) is 3.70. The first-order chi connectivity index (χ1) is 7.98. The fraction of sp³-hybridized carbons (Fsp3) is 0.733. The molecule has 0 radical (unpaired) electrons. The van der Waals surface area contributed by atoms with Gasteiger partial charge < -0.3 is 0 Å². The van der Waals surface area contributed by atoms with Crippen molar-refractivity contribution in [3.8, 4) is 0 Å². The maximum absolute atomic E-state index is 12.1. The summed E-state index contributed by atoms with van der Waals surface area (Å²) < 4.78 is 0. The van der Waals surface area contributed by atoms with Crippen LogP contribution in [-0.2, 0) is 9.59 Å². The van der Waals surface area contributed by atoms with Crippen molar-refractivity contribution in [1.82, 2.24) is 0 Å². The van der Waals surface area contributed by atoms with Crippen LogP contribution >= 0.6 is 0 Å². The van der Waals surface area contributed by atoms with Crippen molar-refractivity contribution in [1.29, 1.82) is 0 Å². The lowest BCUT2D eigenvalue weighted by Gasteiger charge is -2.34. The standard InChI is InChI=1S/C15H24O2/c1-5-11(4)8-12-13(16)9-15(6-2,7-3)10-14(12)17/h8,11H,5-7,9-10H2,1-4H3. The summed E-state index contributed by atoms with van der Waals surface area (Å²) in [5.41, 5.74) is 0.401. The first kappa shape index (κ1) is 14.1. The molecule has 0 N–H and O–H groups in total. The van der Waals surface area contributed by atoms with E-state index in [-0.39, 0.29) is 17.0 Å². The molecule has 1 atom stereocenters. The minimum atomic E-state index is -0.0685. The van der Waals surface area contributed by atoms with Gasteiger partial charge in [0.05, 0.1) is 5.57 Å². The highest BCUT2D eigenvalue weighted by Crippen LogP contribution is 2.40. The highest BCUT2D eigenvalue weighted by Gasteiger charge is 2.39.